The Labute approximate surface area is 103 Å². The molecule has 1 aromatic carbocycles. The van der Waals surface area contributed by atoms with Crippen LogP contribution in [0.15, 0.2) is 24.3 Å². The number of rotatable bonds is 3. The van der Waals surface area contributed by atoms with Gasteiger partial charge < -0.3 is 15.2 Å². The molecule has 1 heterocycles. The van der Waals surface area contributed by atoms with E-state index in [-0.39, 0.29) is 6.10 Å². The topological polar surface area (TPSA) is 41.5 Å². The Balaban J connectivity index is 2.19. The molecule has 1 fully saturated rings. The third-order valence-electron chi connectivity index (χ3n) is 3.10. The average Bonchev–Trinajstić information content (AvgIpc) is 2.29. The number of aliphatic hydroxyl groups is 1. The van der Waals surface area contributed by atoms with Crippen LogP contribution in [0, 0.1) is 0 Å². The molecule has 1 saturated heterocycles. The monoisotopic (exact) mass is 235 g/mol. The van der Waals surface area contributed by atoms with Gasteiger partial charge in [-0.15, -0.1) is 0 Å². The van der Waals surface area contributed by atoms with E-state index in [4.69, 9.17) is 4.74 Å². The summed E-state index contributed by atoms with van der Waals surface area (Å²) in [6.07, 6.45) is 1.97. The number of β-amino-alcohol motifs (C(OH)–C–C–N with tert-alkyl or cyclic N) is 1. The lowest BCUT2D eigenvalue weighted by atomic mass is 9.86. The fraction of sp³-hybridized carbons (Fsp3) is 0.571. The lowest BCUT2D eigenvalue weighted by molar-refractivity contribution is 0.0120. The van der Waals surface area contributed by atoms with Crippen LogP contribution in [0.3, 0.4) is 0 Å². The van der Waals surface area contributed by atoms with Gasteiger partial charge >= 0.3 is 0 Å². The Morgan fingerprint density at radius 1 is 1.41 bits per heavy atom. The number of hydrogen-bond acceptors (Lipinski definition) is 3. The molecule has 1 aliphatic rings. The molecule has 0 saturated carbocycles. The fourth-order valence-electron chi connectivity index (χ4n) is 2.27. The van der Waals surface area contributed by atoms with Crippen molar-refractivity contribution in [3.63, 3.8) is 0 Å². The summed E-state index contributed by atoms with van der Waals surface area (Å²) in [6, 6.07) is 7.80. The van der Waals surface area contributed by atoms with Crippen molar-refractivity contribution in [2.75, 3.05) is 13.1 Å². The second-order valence-electron chi connectivity index (χ2n) is 5.01. The molecule has 0 spiro atoms. The quantitative estimate of drug-likeness (QED) is 0.842. The summed E-state index contributed by atoms with van der Waals surface area (Å²) in [5.74, 6) is 0.830. The fourth-order valence-corrected chi connectivity index (χ4v) is 2.27. The molecule has 0 aromatic heterocycles. The molecule has 1 unspecified atom stereocenters. The van der Waals surface area contributed by atoms with Gasteiger partial charge in [0.15, 0.2) is 0 Å². The minimum Gasteiger partial charge on any atom is -0.491 e. The molecule has 17 heavy (non-hydrogen) atoms. The number of piperidine rings is 1. The lowest BCUT2D eigenvalue weighted by Gasteiger charge is -2.33. The second kappa shape index (κ2) is 5.07. The highest BCUT2D eigenvalue weighted by Crippen LogP contribution is 2.30. The molecule has 2 N–H and O–H groups in total. The van der Waals surface area contributed by atoms with Crippen LogP contribution in [-0.2, 0) is 5.60 Å². The predicted octanol–water partition coefficient (Wildman–Crippen LogP) is 2.04. The van der Waals surface area contributed by atoms with Crippen molar-refractivity contribution in [3.8, 4) is 5.75 Å². The van der Waals surface area contributed by atoms with Gasteiger partial charge in [0.1, 0.15) is 11.4 Å². The zero-order valence-electron chi connectivity index (χ0n) is 10.6. The van der Waals surface area contributed by atoms with Crippen molar-refractivity contribution in [1.29, 1.82) is 0 Å². The Kier molecular flexibility index (Phi) is 3.69. The van der Waals surface area contributed by atoms with Crippen LogP contribution in [0.25, 0.3) is 0 Å². The van der Waals surface area contributed by atoms with Gasteiger partial charge in [-0.25, -0.2) is 0 Å². The van der Waals surface area contributed by atoms with Crippen LogP contribution in [0.5, 0.6) is 5.75 Å². The van der Waals surface area contributed by atoms with Gasteiger partial charge in [-0.1, -0.05) is 12.1 Å². The number of hydrogen-bond donors (Lipinski definition) is 2. The van der Waals surface area contributed by atoms with Crippen LogP contribution in [0.2, 0.25) is 0 Å². The van der Waals surface area contributed by atoms with E-state index in [9.17, 15) is 5.11 Å². The van der Waals surface area contributed by atoms with Gasteiger partial charge in [0, 0.05) is 6.54 Å². The number of nitrogens with one attached hydrogen (secondary N) is 1. The van der Waals surface area contributed by atoms with Crippen molar-refractivity contribution in [1.82, 2.24) is 5.32 Å². The third kappa shape index (κ3) is 2.99. The van der Waals surface area contributed by atoms with Crippen LogP contribution in [0.4, 0.5) is 0 Å². The van der Waals surface area contributed by atoms with Crippen LogP contribution >= 0.6 is 0 Å². The molecule has 0 bridgehead atoms. The van der Waals surface area contributed by atoms with E-state index in [0.717, 1.165) is 30.7 Å². The summed E-state index contributed by atoms with van der Waals surface area (Å²) in [4.78, 5) is 0. The molecule has 0 aliphatic carbocycles. The molecule has 0 radical (unpaired) electrons. The van der Waals surface area contributed by atoms with Crippen LogP contribution < -0.4 is 10.1 Å². The van der Waals surface area contributed by atoms with Gasteiger partial charge in [-0.2, -0.15) is 0 Å². The number of benzene rings is 1. The first-order valence-corrected chi connectivity index (χ1v) is 6.30. The molecule has 3 nitrogen and oxygen atoms in total. The highest BCUT2D eigenvalue weighted by molar-refractivity contribution is 5.33. The standard InChI is InChI=1S/C14H21NO2/c1-11(2)17-13-6-3-5-12(9-13)14(16)7-4-8-15-10-14/h3,5-6,9,11,15-16H,4,7-8,10H2,1-2H3. The predicted molar refractivity (Wildman–Crippen MR) is 68.2 cm³/mol. The minimum absolute atomic E-state index is 0.157. The van der Waals surface area contributed by atoms with Crippen molar-refractivity contribution in [2.45, 2.75) is 38.4 Å². The van der Waals surface area contributed by atoms with Crippen molar-refractivity contribution < 1.29 is 9.84 Å². The molecule has 0 amide bonds. The summed E-state index contributed by atoms with van der Waals surface area (Å²) in [7, 11) is 0. The molecule has 94 valence electrons. The number of ether oxygens (including phenoxy) is 1. The SMILES string of the molecule is CC(C)Oc1cccc(C2(O)CCCNC2)c1. The van der Waals surface area contributed by atoms with Crippen LogP contribution in [0.1, 0.15) is 32.3 Å². The van der Waals surface area contributed by atoms with E-state index in [1.54, 1.807) is 0 Å². The van der Waals surface area contributed by atoms with E-state index in [2.05, 4.69) is 5.32 Å². The summed E-state index contributed by atoms with van der Waals surface area (Å²) < 4.78 is 5.66. The maximum atomic E-state index is 10.6. The first kappa shape index (κ1) is 12.4. The van der Waals surface area contributed by atoms with Crippen molar-refractivity contribution in [3.05, 3.63) is 29.8 Å². The highest BCUT2D eigenvalue weighted by Gasteiger charge is 2.31. The first-order chi connectivity index (χ1) is 8.10. The summed E-state index contributed by atoms with van der Waals surface area (Å²) >= 11 is 0. The van der Waals surface area contributed by atoms with E-state index in [1.165, 1.54) is 0 Å². The Hall–Kier alpha value is -1.06. The van der Waals surface area contributed by atoms with E-state index >= 15 is 0 Å². The molecule has 1 atom stereocenters. The van der Waals surface area contributed by atoms with Crippen LogP contribution in [-0.4, -0.2) is 24.3 Å². The normalized spacial score (nSPS) is 24.9. The largest absolute Gasteiger partial charge is 0.491 e. The highest BCUT2D eigenvalue weighted by atomic mass is 16.5. The van der Waals surface area contributed by atoms with Crippen molar-refractivity contribution in [2.24, 2.45) is 0 Å². The molecule has 2 rings (SSSR count). The first-order valence-electron chi connectivity index (χ1n) is 6.30. The maximum absolute atomic E-state index is 10.6. The van der Waals surface area contributed by atoms with E-state index in [0.29, 0.717) is 6.54 Å². The minimum atomic E-state index is -0.741. The van der Waals surface area contributed by atoms with Gasteiger partial charge in [0.2, 0.25) is 0 Å². The summed E-state index contributed by atoms with van der Waals surface area (Å²) in [5, 5.41) is 13.8. The van der Waals surface area contributed by atoms with E-state index in [1.807, 2.05) is 38.1 Å². The van der Waals surface area contributed by atoms with Gasteiger partial charge in [0.05, 0.1) is 6.10 Å². The zero-order valence-corrected chi connectivity index (χ0v) is 10.6. The molecular weight excluding hydrogens is 214 g/mol. The summed E-state index contributed by atoms with van der Waals surface area (Å²) in [6.45, 7) is 5.62. The average molecular weight is 235 g/mol. The second-order valence-corrected chi connectivity index (χ2v) is 5.01. The Morgan fingerprint density at radius 2 is 2.24 bits per heavy atom. The third-order valence-corrected chi connectivity index (χ3v) is 3.10. The van der Waals surface area contributed by atoms with Gasteiger partial charge in [-0.05, 0) is 50.9 Å². The van der Waals surface area contributed by atoms with Gasteiger partial charge in [0.25, 0.3) is 0 Å². The Bertz CT molecular complexity index is 370. The molecular formula is C14H21NO2. The van der Waals surface area contributed by atoms with E-state index < -0.39 is 5.60 Å². The molecule has 1 aliphatic heterocycles. The lowest BCUT2D eigenvalue weighted by Crippen LogP contribution is -2.43. The van der Waals surface area contributed by atoms with Gasteiger partial charge in [-0.3, -0.25) is 0 Å². The summed E-state index contributed by atoms with van der Waals surface area (Å²) in [5.41, 5.74) is 0.206. The Morgan fingerprint density at radius 3 is 2.88 bits per heavy atom. The molecule has 1 aromatic rings. The smallest absolute Gasteiger partial charge is 0.120 e. The maximum Gasteiger partial charge on any atom is 0.120 e. The molecule has 3 heteroatoms. The van der Waals surface area contributed by atoms with Crippen molar-refractivity contribution >= 4 is 0 Å². The zero-order chi connectivity index (χ0) is 12.3.